The maximum atomic E-state index is 4.85. The second-order valence-corrected chi connectivity index (χ2v) is 3.48. The molecule has 0 aliphatic carbocycles. The van der Waals surface area contributed by atoms with Gasteiger partial charge in [0.1, 0.15) is 0 Å². The summed E-state index contributed by atoms with van der Waals surface area (Å²) in [6.45, 7) is 4.88. The Morgan fingerprint density at radius 3 is 2.69 bits per heavy atom. The molecule has 6 heteroatoms. The summed E-state index contributed by atoms with van der Waals surface area (Å²) in [5.74, 6) is 1.23. The SMILES string of the molecule is Cc1cnc(CNCc2noc(C)n2)cn1. The Morgan fingerprint density at radius 1 is 1.19 bits per heavy atom. The van der Waals surface area contributed by atoms with Crippen LogP contribution in [-0.2, 0) is 13.1 Å². The van der Waals surface area contributed by atoms with Crippen molar-refractivity contribution in [3.05, 3.63) is 35.5 Å². The molecule has 0 atom stereocenters. The van der Waals surface area contributed by atoms with Gasteiger partial charge in [-0.3, -0.25) is 9.97 Å². The van der Waals surface area contributed by atoms with Crippen LogP contribution in [0.2, 0.25) is 0 Å². The van der Waals surface area contributed by atoms with Crippen molar-refractivity contribution in [2.24, 2.45) is 0 Å². The minimum Gasteiger partial charge on any atom is -0.340 e. The van der Waals surface area contributed by atoms with E-state index in [1.165, 1.54) is 0 Å². The van der Waals surface area contributed by atoms with Crippen LogP contribution in [0.4, 0.5) is 0 Å². The Labute approximate surface area is 93.1 Å². The molecule has 2 rings (SSSR count). The van der Waals surface area contributed by atoms with E-state index in [0.717, 1.165) is 11.4 Å². The molecule has 0 saturated carbocycles. The molecule has 0 amide bonds. The van der Waals surface area contributed by atoms with Crippen molar-refractivity contribution in [3.8, 4) is 0 Å². The van der Waals surface area contributed by atoms with Gasteiger partial charge in [-0.15, -0.1) is 0 Å². The maximum Gasteiger partial charge on any atom is 0.223 e. The topological polar surface area (TPSA) is 76.7 Å². The second-order valence-electron chi connectivity index (χ2n) is 3.48. The third-order valence-electron chi connectivity index (χ3n) is 1.99. The largest absolute Gasteiger partial charge is 0.340 e. The van der Waals surface area contributed by atoms with Gasteiger partial charge >= 0.3 is 0 Å². The number of nitrogens with zero attached hydrogens (tertiary/aromatic N) is 4. The normalized spacial score (nSPS) is 10.6. The van der Waals surface area contributed by atoms with E-state index < -0.39 is 0 Å². The van der Waals surface area contributed by atoms with Crippen LogP contribution in [0.5, 0.6) is 0 Å². The summed E-state index contributed by atoms with van der Waals surface area (Å²) in [7, 11) is 0. The fourth-order valence-corrected chi connectivity index (χ4v) is 1.23. The van der Waals surface area contributed by atoms with Crippen LogP contribution in [0.15, 0.2) is 16.9 Å². The first-order valence-electron chi connectivity index (χ1n) is 5.01. The summed E-state index contributed by atoms with van der Waals surface area (Å²) in [5, 5.41) is 6.94. The Hall–Kier alpha value is -1.82. The van der Waals surface area contributed by atoms with Gasteiger partial charge in [0.05, 0.1) is 17.9 Å². The smallest absolute Gasteiger partial charge is 0.223 e. The highest BCUT2D eigenvalue weighted by molar-refractivity contribution is 5.00. The molecule has 0 unspecified atom stereocenters. The minimum atomic E-state index is 0.562. The Kier molecular flexibility index (Phi) is 3.21. The quantitative estimate of drug-likeness (QED) is 0.818. The highest BCUT2D eigenvalue weighted by Crippen LogP contribution is 1.96. The van der Waals surface area contributed by atoms with Crippen molar-refractivity contribution in [1.82, 2.24) is 25.4 Å². The molecule has 0 bridgehead atoms. The van der Waals surface area contributed by atoms with Crippen molar-refractivity contribution in [1.29, 1.82) is 0 Å². The standard InChI is InChI=1S/C10H13N5O/c1-7-3-13-9(5-12-7)4-11-6-10-14-8(2)16-15-10/h3,5,11H,4,6H2,1-2H3. The monoisotopic (exact) mass is 219 g/mol. The van der Waals surface area contributed by atoms with E-state index in [4.69, 9.17) is 4.52 Å². The number of nitrogens with one attached hydrogen (secondary N) is 1. The van der Waals surface area contributed by atoms with Crippen LogP contribution in [0.3, 0.4) is 0 Å². The highest BCUT2D eigenvalue weighted by Gasteiger charge is 2.01. The number of hydrogen-bond acceptors (Lipinski definition) is 6. The van der Waals surface area contributed by atoms with Gasteiger partial charge in [-0.2, -0.15) is 4.98 Å². The molecule has 0 radical (unpaired) electrons. The average molecular weight is 219 g/mol. The molecule has 2 aromatic heterocycles. The summed E-state index contributed by atoms with van der Waals surface area (Å²) >= 11 is 0. The Bertz CT molecular complexity index is 450. The van der Waals surface area contributed by atoms with Gasteiger partial charge < -0.3 is 9.84 Å². The van der Waals surface area contributed by atoms with Gasteiger partial charge in [0, 0.05) is 25.9 Å². The third-order valence-corrected chi connectivity index (χ3v) is 1.99. The molecule has 0 aliphatic rings. The van der Waals surface area contributed by atoms with Crippen LogP contribution in [0, 0.1) is 13.8 Å². The van der Waals surface area contributed by atoms with Crippen molar-refractivity contribution >= 4 is 0 Å². The molecule has 6 nitrogen and oxygen atoms in total. The Morgan fingerprint density at radius 2 is 2.06 bits per heavy atom. The minimum absolute atomic E-state index is 0.562. The van der Waals surface area contributed by atoms with E-state index in [2.05, 4.69) is 25.4 Å². The van der Waals surface area contributed by atoms with E-state index in [1.807, 2.05) is 6.92 Å². The number of aryl methyl sites for hydroxylation is 2. The van der Waals surface area contributed by atoms with Crippen LogP contribution in [-0.4, -0.2) is 20.1 Å². The number of aromatic nitrogens is 4. The average Bonchev–Trinajstić information content (AvgIpc) is 2.67. The zero-order valence-corrected chi connectivity index (χ0v) is 9.27. The summed E-state index contributed by atoms with van der Waals surface area (Å²) in [5.41, 5.74) is 1.81. The van der Waals surface area contributed by atoms with Gasteiger partial charge in [0.2, 0.25) is 5.89 Å². The predicted molar refractivity (Wildman–Crippen MR) is 56.3 cm³/mol. The van der Waals surface area contributed by atoms with E-state index in [0.29, 0.717) is 24.8 Å². The lowest BCUT2D eigenvalue weighted by molar-refractivity contribution is 0.385. The first-order valence-corrected chi connectivity index (χ1v) is 5.01. The molecule has 16 heavy (non-hydrogen) atoms. The summed E-state index contributed by atoms with van der Waals surface area (Å²) < 4.78 is 4.85. The lowest BCUT2D eigenvalue weighted by Gasteiger charge is -2.00. The number of hydrogen-bond donors (Lipinski definition) is 1. The van der Waals surface area contributed by atoms with Crippen molar-refractivity contribution in [2.45, 2.75) is 26.9 Å². The summed E-state index contributed by atoms with van der Waals surface area (Å²) in [6.07, 6.45) is 3.50. The fraction of sp³-hybridized carbons (Fsp3) is 0.400. The molecule has 1 N–H and O–H groups in total. The van der Waals surface area contributed by atoms with Crippen LogP contribution in [0.1, 0.15) is 23.1 Å². The second kappa shape index (κ2) is 4.80. The molecule has 2 heterocycles. The van der Waals surface area contributed by atoms with E-state index in [-0.39, 0.29) is 0 Å². The lowest BCUT2D eigenvalue weighted by atomic mass is 10.4. The predicted octanol–water partition coefficient (Wildman–Crippen LogP) is 0.766. The molecule has 0 aromatic carbocycles. The summed E-state index contributed by atoms with van der Waals surface area (Å²) in [4.78, 5) is 12.5. The zero-order chi connectivity index (χ0) is 11.4. The van der Waals surface area contributed by atoms with Crippen molar-refractivity contribution < 1.29 is 4.52 Å². The van der Waals surface area contributed by atoms with E-state index in [9.17, 15) is 0 Å². The number of rotatable bonds is 4. The molecule has 0 spiro atoms. The molecule has 2 aromatic rings. The van der Waals surface area contributed by atoms with Gasteiger partial charge in [0.15, 0.2) is 5.82 Å². The van der Waals surface area contributed by atoms with E-state index in [1.54, 1.807) is 19.3 Å². The van der Waals surface area contributed by atoms with Gasteiger partial charge in [-0.25, -0.2) is 0 Å². The first kappa shape index (κ1) is 10.7. The molecular weight excluding hydrogens is 206 g/mol. The van der Waals surface area contributed by atoms with Crippen LogP contribution < -0.4 is 5.32 Å². The summed E-state index contributed by atoms with van der Waals surface area (Å²) in [6, 6.07) is 0. The van der Waals surface area contributed by atoms with Gasteiger partial charge in [-0.05, 0) is 6.92 Å². The van der Waals surface area contributed by atoms with E-state index >= 15 is 0 Å². The van der Waals surface area contributed by atoms with Crippen LogP contribution >= 0.6 is 0 Å². The zero-order valence-electron chi connectivity index (χ0n) is 9.27. The van der Waals surface area contributed by atoms with Gasteiger partial charge in [-0.1, -0.05) is 5.16 Å². The molecule has 0 saturated heterocycles. The molecule has 0 fully saturated rings. The Balaban J connectivity index is 1.82. The molecule has 84 valence electrons. The lowest BCUT2D eigenvalue weighted by Crippen LogP contribution is -2.14. The van der Waals surface area contributed by atoms with Crippen molar-refractivity contribution in [3.63, 3.8) is 0 Å². The third kappa shape index (κ3) is 2.83. The molecular formula is C10H13N5O. The first-order chi connectivity index (χ1) is 7.74. The van der Waals surface area contributed by atoms with Gasteiger partial charge in [0.25, 0.3) is 0 Å². The maximum absolute atomic E-state index is 4.85. The van der Waals surface area contributed by atoms with Crippen molar-refractivity contribution in [2.75, 3.05) is 0 Å². The van der Waals surface area contributed by atoms with Crippen LogP contribution in [0.25, 0.3) is 0 Å². The molecule has 0 aliphatic heterocycles. The fourth-order valence-electron chi connectivity index (χ4n) is 1.23. The highest BCUT2D eigenvalue weighted by atomic mass is 16.5.